The molecule has 2 N–H and O–H groups in total. The van der Waals surface area contributed by atoms with Gasteiger partial charge in [-0.05, 0) is 56.7 Å². The van der Waals surface area contributed by atoms with Gasteiger partial charge in [0.1, 0.15) is 0 Å². The second-order valence-corrected chi connectivity index (χ2v) is 13.8. The molecule has 1 aliphatic rings. The first-order chi connectivity index (χ1) is 18.6. The van der Waals surface area contributed by atoms with Gasteiger partial charge < -0.3 is 5.32 Å². The number of sulfonamides is 1. The average Bonchev–Trinajstić information content (AvgIpc) is 3.31. The Morgan fingerprint density at radius 3 is 2.44 bits per heavy atom. The van der Waals surface area contributed by atoms with Crippen molar-refractivity contribution in [2.75, 3.05) is 0 Å². The highest BCUT2D eigenvalue weighted by Crippen LogP contribution is 2.39. The van der Waals surface area contributed by atoms with Gasteiger partial charge in [-0.1, -0.05) is 55.7 Å². The van der Waals surface area contributed by atoms with Crippen LogP contribution in [0.1, 0.15) is 73.9 Å². The number of thiazole rings is 1. The fraction of sp³-hybridized carbons (Fsp3) is 0.367. The van der Waals surface area contributed by atoms with E-state index in [2.05, 4.69) is 15.0 Å². The second kappa shape index (κ2) is 11.2. The number of amides is 1. The molecular weight excluding hydrogens is 528 g/mol. The van der Waals surface area contributed by atoms with Gasteiger partial charge in [-0.3, -0.25) is 9.78 Å². The van der Waals surface area contributed by atoms with Gasteiger partial charge in [-0.25, -0.2) is 18.1 Å². The van der Waals surface area contributed by atoms with Crippen LogP contribution in [0.5, 0.6) is 0 Å². The van der Waals surface area contributed by atoms with Crippen LogP contribution in [0.25, 0.3) is 21.2 Å². The molecule has 7 nitrogen and oxygen atoms in total. The molecule has 1 fully saturated rings. The molecule has 1 saturated carbocycles. The molecule has 2 heterocycles. The van der Waals surface area contributed by atoms with E-state index in [0.717, 1.165) is 52.8 Å². The first-order valence-corrected chi connectivity index (χ1v) is 15.7. The number of carbonyl (C=O) groups excluding carboxylic acids is 1. The van der Waals surface area contributed by atoms with Gasteiger partial charge in [0, 0.05) is 41.3 Å². The van der Waals surface area contributed by atoms with Gasteiger partial charge in [-0.2, -0.15) is 0 Å². The Kier molecular flexibility index (Phi) is 7.84. The van der Waals surface area contributed by atoms with Crippen molar-refractivity contribution < 1.29 is 13.2 Å². The molecule has 1 aliphatic carbocycles. The van der Waals surface area contributed by atoms with Crippen LogP contribution in [-0.2, 0) is 16.4 Å². The lowest BCUT2D eigenvalue weighted by molar-refractivity contribution is 0.0927. The Bertz CT molecular complexity index is 1590. The van der Waals surface area contributed by atoms with Crippen molar-refractivity contribution in [3.05, 3.63) is 77.2 Å². The summed E-state index contributed by atoms with van der Waals surface area (Å²) < 4.78 is 29.4. The lowest BCUT2D eigenvalue weighted by Crippen LogP contribution is -2.40. The van der Waals surface area contributed by atoms with Crippen LogP contribution in [-0.4, -0.2) is 35.9 Å². The fourth-order valence-electron chi connectivity index (χ4n) is 5.13. The number of fused-ring (bicyclic) bond motifs is 1. The molecule has 9 heteroatoms. The number of pyridine rings is 1. The predicted molar refractivity (Wildman–Crippen MR) is 157 cm³/mol. The summed E-state index contributed by atoms with van der Waals surface area (Å²) >= 11 is 1.36. The Morgan fingerprint density at radius 1 is 1.00 bits per heavy atom. The zero-order valence-electron chi connectivity index (χ0n) is 22.5. The summed E-state index contributed by atoms with van der Waals surface area (Å²) in [5.41, 5.74) is 2.00. The van der Waals surface area contributed by atoms with E-state index in [-0.39, 0.29) is 16.8 Å². The number of carbonyl (C=O) groups is 1. The summed E-state index contributed by atoms with van der Waals surface area (Å²) in [6, 6.07) is 15.0. The van der Waals surface area contributed by atoms with E-state index in [1.807, 2.05) is 63.2 Å². The van der Waals surface area contributed by atoms with Crippen molar-refractivity contribution in [3.8, 4) is 10.4 Å². The highest BCUT2D eigenvalue weighted by Gasteiger charge is 2.27. The van der Waals surface area contributed by atoms with E-state index < -0.39 is 15.6 Å². The third-order valence-electron chi connectivity index (χ3n) is 6.79. The van der Waals surface area contributed by atoms with Crippen molar-refractivity contribution in [3.63, 3.8) is 0 Å². The zero-order valence-corrected chi connectivity index (χ0v) is 24.2. The van der Waals surface area contributed by atoms with E-state index >= 15 is 0 Å². The van der Waals surface area contributed by atoms with E-state index in [1.165, 1.54) is 17.8 Å². The van der Waals surface area contributed by atoms with Crippen LogP contribution < -0.4 is 10.0 Å². The largest absolute Gasteiger partial charge is 0.347 e. The SMILES string of the molecule is CC(C)(C)NS(=O)(=O)c1ccc(-c2sc(C(=O)NC3CCCCC3)nc2Cc2cccnc2)c2ccccc12. The Hall–Kier alpha value is -3.14. The van der Waals surface area contributed by atoms with E-state index in [4.69, 9.17) is 4.98 Å². The molecule has 0 bridgehead atoms. The van der Waals surface area contributed by atoms with Crippen LogP contribution >= 0.6 is 11.3 Å². The third kappa shape index (κ3) is 6.37. The predicted octanol–water partition coefficient (Wildman–Crippen LogP) is 6.09. The normalized spacial score (nSPS) is 14.9. The Balaban J connectivity index is 1.60. The fourth-order valence-corrected chi connectivity index (χ4v) is 7.79. The summed E-state index contributed by atoms with van der Waals surface area (Å²) in [6.07, 6.45) is 9.51. The maximum Gasteiger partial charge on any atom is 0.280 e. The topological polar surface area (TPSA) is 101 Å². The van der Waals surface area contributed by atoms with Gasteiger partial charge in [-0.15, -0.1) is 11.3 Å². The van der Waals surface area contributed by atoms with Crippen molar-refractivity contribution in [2.45, 2.75) is 75.8 Å². The minimum atomic E-state index is -3.76. The number of aromatic nitrogens is 2. The number of hydrogen-bond donors (Lipinski definition) is 2. The molecule has 5 rings (SSSR count). The van der Waals surface area contributed by atoms with Crippen molar-refractivity contribution in [1.82, 2.24) is 20.0 Å². The maximum atomic E-state index is 13.3. The van der Waals surface area contributed by atoms with Crippen LogP contribution in [0.15, 0.2) is 65.8 Å². The monoisotopic (exact) mass is 562 g/mol. The molecule has 0 atom stereocenters. The molecule has 0 spiro atoms. The molecule has 0 unspecified atom stereocenters. The van der Waals surface area contributed by atoms with Gasteiger partial charge in [0.05, 0.1) is 15.5 Å². The first-order valence-electron chi connectivity index (χ1n) is 13.4. The summed E-state index contributed by atoms with van der Waals surface area (Å²) in [7, 11) is -3.76. The quantitative estimate of drug-likeness (QED) is 0.284. The molecular formula is C30H34N4O3S2. The van der Waals surface area contributed by atoms with E-state index in [1.54, 1.807) is 18.5 Å². The number of rotatable bonds is 7. The smallest absolute Gasteiger partial charge is 0.280 e. The molecule has 39 heavy (non-hydrogen) atoms. The molecule has 2 aromatic carbocycles. The third-order valence-corrected chi connectivity index (χ3v) is 9.73. The van der Waals surface area contributed by atoms with Gasteiger partial charge in [0.15, 0.2) is 5.01 Å². The summed E-state index contributed by atoms with van der Waals surface area (Å²) in [6.45, 7) is 5.47. The van der Waals surface area contributed by atoms with E-state index in [0.29, 0.717) is 16.8 Å². The first kappa shape index (κ1) is 27.4. The maximum absolute atomic E-state index is 13.3. The van der Waals surface area contributed by atoms with Crippen molar-refractivity contribution in [2.24, 2.45) is 0 Å². The summed E-state index contributed by atoms with van der Waals surface area (Å²) in [4.78, 5) is 23.4. The molecule has 0 radical (unpaired) electrons. The van der Waals surface area contributed by atoms with Crippen LogP contribution in [0.2, 0.25) is 0 Å². The second-order valence-electron chi connectivity index (χ2n) is 11.2. The number of hydrogen-bond acceptors (Lipinski definition) is 6. The molecule has 2 aromatic heterocycles. The van der Waals surface area contributed by atoms with E-state index in [9.17, 15) is 13.2 Å². The molecule has 0 saturated heterocycles. The van der Waals surface area contributed by atoms with Gasteiger partial charge in [0.25, 0.3) is 5.91 Å². The van der Waals surface area contributed by atoms with Crippen molar-refractivity contribution >= 4 is 38.0 Å². The zero-order chi connectivity index (χ0) is 27.6. The van der Waals surface area contributed by atoms with Gasteiger partial charge >= 0.3 is 0 Å². The molecule has 1 amide bonds. The van der Waals surface area contributed by atoms with Crippen LogP contribution in [0.3, 0.4) is 0 Å². The number of benzene rings is 2. The molecule has 4 aromatic rings. The Morgan fingerprint density at radius 2 is 1.74 bits per heavy atom. The Labute approximate surface area is 234 Å². The van der Waals surface area contributed by atoms with Crippen LogP contribution in [0, 0.1) is 0 Å². The van der Waals surface area contributed by atoms with Gasteiger partial charge in [0.2, 0.25) is 10.0 Å². The molecule has 0 aliphatic heterocycles. The highest BCUT2D eigenvalue weighted by molar-refractivity contribution is 7.89. The van der Waals surface area contributed by atoms with Crippen molar-refractivity contribution in [1.29, 1.82) is 0 Å². The minimum Gasteiger partial charge on any atom is -0.347 e. The number of nitrogens with one attached hydrogen (secondary N) is 2. The summed E-state index contributed by atoms with van der Waals surface area (Å²) in [5.74, 6) is -0.150. The highest BCUT2D eigenvalue weighted by atomic mass is 32.2. The standard InChI is InChI=1S/C30H34N4O3S2/c1-30(2,3)34-39(36,37)26-16-15-24(22-13-7-8-14-23(22)26)27-25(18-20-10-9-17-31-19-20)33-29(38-27)28(35)32-21-11-5-4-6-12-21/h7-10,13-17,19,21,34H,4-6,11-12,18H2,1-3H3,(H,32,35). The lowest BCUT2D eigenvalue weighted by Gasteiger charge is -2.22. The van der Waals surface area contributed by atoms with Crippen LogP contribution in [0.4, 0.5) is 0 Å². The number of nitrogens with zero attached hydrogens (tertiary/aromatic N) is 2. The summed E-state index contributed by atoms with van der Waals surface area (Å²) in [5, 5.41) is 5.03. The molecule has 204 valence electrons. The lowest BCUT2D eigenvalue weighted by atomic mass is 9.95. The minimum absolute atomic E-state index is 0.150. The average molecular weight is 563 g/mol.